The lowest BCUT2D eigenvalue weighted by Gasteiger charge is -2.59. The number of allylic oxidation sites excluding steroid dienone is 1. The summed E-state index contributed by atoms with van der Waals surface area (Å²) >= 11 is 0. The average molecular weight is 419 g/mol. The largest absolute Gasteiger partial charge is 0.413 e. The fourth-order valence-electron chi connectivity index (χ4n) is 7.84. The van der Waals surface area contributed by atoms with Crippen LogP contribution >= 0.6 is 0 Å². The molecule has 4 aliphatic carbocycles. The molecule has 164 valence electrons. The van der Waals surface area contributed by atoms with E-state index >= 15 is 0 Å². The van der Waals surface area contributed by atoms with Gasteiger partial charge >= 0.3 is 0 Å². The van der Waals surface area contributed by atoms with Crippen molar-refractivity contribution in [1.29, 1.82) is 0 Å². The topological polar surface area (TPSA) is 46.5 Å². The Balaban J connectivity index is 1.72. The van der Waals surface area contributed by atoms with Crippen molar-refractivity contribution in [3.8, 4) is 0 Å². The van der Waals surface area contributed by atoms with Crippen LogP contribution in [0.5, 0.6) is 0 Å². The fraction of sp³-hybridized carbons (Fsp3) is 0.880. The van der Waals surface area contributed by atoms with Crippen molar-refractivity contribution in [3.05, 3.63) is 11.6 Å². The molecule has 0 aromatic rings. The first-order valence-electron chi connectivity index (χ1n) is 12.3. The highest BCUT2D eigenvalue weighted by atomic mass is 28.4. The Hall–Kier alpha value is -0.453. The summed E-state index contributed by atoms with van der Waals surface area (Å²) in [5.41, 5.74) is 1.40. The number of aliphatic hydroxyl groups is 1. The molecule has 4 rings (SSSR count). The monoisotopic (exact) mass is 418 g/mol. The molecule has 3 fully saturated rings. The van der Waals surface area contributed by atoms with E-state index in [-0.39, 0.29) is 23.0 Å². The second kappa shape index (κ2) is 7.60. The van der Waals surface area contributed by atoms with Crippen LogP contribution in [0.1, 0.15) is 79.6 Å². The maximum Gasteiger partial charge on any atom is 0.192 e. The highest BCUT2D eigenvalue weighted by Crippen LogP contribution is 2.64. The highest BCUT2D eigenvalue weighted by molar-refractivity contribution is 6.73. The predicted molar refractivity (Wildman–Crippen MR) is 120 cm³/mol. The van der Waals surface area contributed by atoms with Gasteiger partial charge in [0.15, 0.2) is 8.32 Å². The molecule has 4 heteroatoms. The van der Waals surface area contributed by atoms with E-state index in [9.17, 15) is 9.90 Å². The Bertz CT molecular complexity index is 675. The molecular formula is C25H42O3Si. The highest BCUT2D eigenvalue weighted by Gasteiger charge is 2.63. The van der Waals surface area contributed by atoms with E-state index in [0.717, 1.165) is 63.1 Å². The van der Waals surface area contributed by atoms with Gasteiger partial charge in [0.1, 0.15) is 5.78 Å². The molecule has 0 radical (unpaired) electrons. The van der Waals surface area contributed by atoms with E-state index in [1.807, 2.05) is 0 Å². The standard InChI is InChI=1S/C25H42O3Si/c1-6-29(7-2,8-3)28-23-16-21-19(20-11-12-22(27)25(20,23)5)10-9-17-15-18(26)13-14-24(17,21)4/h9,18-21,23,26H,6-8,10-16H2,1-5H3/t18-,19-,20-,21-,23+,24-,25-/m0/s1. The van der Waals surface area contributed by atoms with Gasteiger partial charge in [-0.25, -0.2) is 0 Å². The molecule has 3 nitrogen and oxygen atoms in total. The van der Waals surface area contributed by atoms with Gasteiger partial charge in [0.2, 0.25) is 0 Å². The molecule has 3 saturated carbocycles. The Morgan fingerprint density at radius 3 is 2.48 bits per heavy atom. The molecule has 4 aliphatic rings. The average Bonchev–Trinajstić information content (AvgIpc) is 3.03. The van der Waals surface area contributed by atoms with Crippen molar-refractivity contribution in [3.63, 3.8) is 0 Å². The zero-order valence-corrected chi connectivity index (χ0v) is 20.3. The number of ketones is 1. The van der Waals surface area contributed by atoms with Crippen LogP contribution < -0.4 is 0 Å². The molecule has 0 amide bonds. The first-order valence-corrected chi connectivity index (χ1v) is 14.9. The minimum atomic E-state index is -1.78. The third-order valence-corrected chi connectivity index (χ3v) is 14.8. The van der Waals surface area contributed by atoms with Crippen molar-refractivity contribution in [1.82, 2.24) is 0 Å². The van der Waals surface area contributed by atoms with Crippen molar-refractivity contribution >= 4 is 14.1 Å². The molecule has 7 atom stereocenters. The number of hydrogen-bond acceptors (Lipinski definition) is 3. The maximum absolute atomic E-state index is 13.3. The van der Waals surface area contributed by atoms with E-state index in [2.05, 4.69) is 40.7 Å². The first-order chi connectivity index (χ1) is 13.7. The first kappa shape index (κ1) is 21.8. The third-order valence-electron chi connectivity index (χ3n) is 10.2. The molecule has 0 bridgehead atoms. The van der Waals surface area contributed by atoms with E-state index in [0.29, 0.717) is 23.5 Å². The number of Topliss-reactive ketones (excluding diaryl/α,β-unsaturated/α-hetero) is 1. The van der Waals surface area contributed by atoms with Crippen LogP contribution in [0.25, 0.3) is 0 Å². The predicted octanol–water partition coefficient (Wildman–Crippen LogP) is 5.88. The normalized spacial score (nSPS) is 44.7. The van der Waals surface area contributed by atoms with Gasteiger partial charge in [-0.05, 0) is 86.7 Å². The summed E-state index contributed by atoms with van der Waals surface area (Å²) < 4.78 is 7.16. The fourth-order valence-corrected chi connectivity index (χ4v) is 10.8. The molecule has 0 saturated heterocycles. The van der Waals surface area contributed by atoms with Crippen LogP contribution in [-0.2, 0) is 9.22 Å². The van der Waals surface area contributed by atoms with Crippen LogP contribution in [0.15, 0.2) is 11.6 Å². The van der Waals surface area contributed by atoms with Gasteiger partial charge < -0.3 is 9.53 Å². The second-order valence-electron chi connectivity index (χ2n) is 11.0. The molecule has 0 aromatic heterocycles. The number of hydrogen-bond donors (Lipinski definition) is 1. The Morgan fingerprint density at radius 2 is 1.83 bits per heavy atom. The second-order valence-corrected chi connectivity index (χ2v) is 15.7. The van der Waals surface area contributed by atoms with Gasteiger partial charge in [-0.3, -0.25) is 4.79 Å². The molecule has 0 aliphatic heterocycles. The zero-order valence-electron chi connectivity index (χ0n) is 19.3. The van der Waals surface area contributed by atoms with E-state index in [4.69, 9.17) is 4.43 Å². The number of fused-ring (bicyclic) bond motifs is 5. The number of carbonyl (C=O) groups excluding carboxylic acids is 1. The van der Waals surface area contributed by atoms with Gasteiger partial charge in [0, 0.05) is 6.42 Å². The smallest absolute Gasteiger partial charge is 0.192 e. The number of aliphatic hydroxyl groups excluding tert-OH is 1. The summed E-state index contributed by atoms with van der Waals surface area (Å²) in [6.45, 7) is 11.6. The molecule has 0 aromatic carbocycles. The van der Waals surface area contributed by atoms with Crippen molar-refractivity contribution in [2.24, 2.45) is 28.6 Å². The summed E-state index contributed by atoms with van der Waals surface area (Å²) in [4.78, 5) is 13.3. The van der Waals surface area contributed by atoms with Crippen molar-refractivity contribution < 1.29 is 14.3 Å². The summed E-state index contributed by atoms with van der Waals surface area (Å²) in [7, 11) is -1.78. The summed E-state index contributed by atoms with van der Waals surface area (Å²) in [6, 6.07) is 3.44. The zero-order chi connectivity index (χ0) is 21.0. The molecule has 0 spiro atoms. The summed E-state index contributed by atoms with van der Waals surface area (Å²) in [6.07, 6.45) is 9.18. The van der Waals surface area contributed by atoms with Crippen LogP contribution in [0.3, 0.4) is 0 Å². The van der Waals surface area contributed by atoms with Gasteiger partial charge in [0.05, 0.1) is 17.6 Å². The lowest BCUT2D eigenvalue weighted by atomic mass is 9.47. The Kier molecular flexibility index (Phi) is 5.70. The van der Waals surface area contributed by atoms with E-state index in [1.54, 1.807) is 0 Å². The minimum Gasteiger partial charge on any atom is -0.413 e. The lowest BCUT2D eigenvalue weighted by molar-refractivity contribution is -0.147. The van der Waals surface area contributed by atoms with Gasteiger partial charge in [0.25, 0.3) is 0 Å². The Labute approximate surface area is 178 Å². The molecule has 29 heavy (non-hydrogen) atoms. The summed E-state index contributed by atoms with van der Waals surface area (Å²) in [5, 5.41) is 10.3. The maximum atomic E-state index is 13.3. The van der Waals surface area contributed by atoms with Crippen LogP contribution in [0, 0.1) is 28.6 Å². The quantitative estimate of drug-likeness (QED) is 0.448. The number of rotatable bonds is 5. The van der Waals surface area contributed by atoms with Crippen molar-refractivity contribution in [2.45, 2.75) is 110 Å². The number of carbonyl (C=O) groups is 1. The minimum absolute atomic E-state index is 0.0956. The molecule has 1 N–H and O–H groups in total. The van der Waals surface area contributed by atoms with Gasteiger partial charge in [-0.2, -0.15) is 0 Å². The molecular weight excluding hydrogens is 376 g/mol. The van der Waals surface area contributed by atoms with Crippen molar-refractivity contribution in [2.75, 3.05) is 0 Å². The molecule has 0 heterocycles. The lowest BCUT2D eigenvalue weighted by Crippen LogP contribution is -2.59. The van der Waals surface area contributed by atoms with E-state index in [1.165, 1.54) is 5.57 Å². The Morgan fingerprint density at radius 1 is 1.14 bits per heavy atom. The summed E-state index contributed by atoms with van der Waals surface area (Å²) in [5.74, 6) is 2.14. The van der Waals surface area contributed by atoms with Gasteiger partial charge in [-0.15, -0.1) is 0 Å². The van der Waals surface area contributed by atoms with E-state index < -0.39 is 8.32 Å². The van der Waals surface area contributed by atoms with Crippen LogP contribution in [-0.4, -0.2) is 31.4 Å². The van der Waals surface area contributed by atoms with Crippen LogP contribution in [0.4, 0.5) is 0 Å². The SMILES string of the molecule is CC[Si](CC)(CC)O[C@@H]1C[C@H]2[C@@H](CC=C3C[C@@H](O)CC[C@@]32C)[C@@H]2CCC(=O)[C@@]12C. The van der Waals surface area contributed by atoms with Gasteiger partial charge in [-0.1, -0.05) is 39.3 Å². The molecule has 0 unspecified atom stereocenters. The van der Waals surface area contributed by atoms with Crippen LogP contribution in [0.2, 0.25) is 18.1 Å². The third kappa shape index (κ3) is 3.15.